The van der Waals surface area contributed by atoms with Gasteiger partial charge in [0.05, 0.1) is 16.8 Å². The normalized spacial score (nSPS) is 15.4. The van der Waals surface area contributed by atoms with Gasteiger partial charge in [-0.2, -0.15) is 5.10 Å². The van der Waals surface area contributed by atoms with Gasteiger partial charge in [-0.15, -0.1) is 0 Å². The molecule has 12 nitrogen and oxygen atoms in total. The van der Waals surface area contributed by atoms with E-state index in [4.69, 9.17) is 0 Å². The molecule has 14 heteroatoms. The van der Waals surface area contributed by atoms with Gasteiger partial charge in [0.25, 0.3) is 15.6 Å². The number of hydrogen-bond donors (Lipinski definition) is 3. The third kappa shape index (κ3) is 4.82. The molecule has 0 saturated carbocycles. The van der Waals surface area contributed by atoms with Crippen LogP contribution in [0.3, 0.4) is 0 Å². The molecular weight excluding hydrogens is 542 g/mol. The zero-order valence-corrected chi connectivity index (χ0v) is 21.7. The van der Waals surface area contributed by atoms with Crippen LogP contribution in [-0.4, -0.2) is 44.7 Å². The van der Waals surface area contributed by atoms with E-state index in [0.717, 1.165) is 11.1 Å². The average molecular weight is 562 g/mol. The molecule has 0 spiro atoms. The predicted molar refractivity (Wildman–Crippen MR) is 143 cm³/mol. The number of benzene rings is 1. The summed E-state index contributed by atoms with van der Waals surface area (Å²) in [4.78, 5) is 49.3. The smallest absolute Gasteiger partial charge is 0.272 e. The molecule has 5 heterocycles. The highest BCUT2D eigenvalue weighted by Gasteiger charge is 2.20. The SMILES string of the molecule is O=C1CCC(=O)c2cccc(c2)S(=O)(=O)Nc2cc(c[nH]c2=O)-c2nn3c(cnc3s2)-c2cncc(c2)CN1. The Balaban J connectivity index is 1.47. The molecule has 1 amide bonds. The van der Waals surface area contributed by atoms with E-state index in [0.29, 0.717) is 21.2 Å². The van der Waals surface area contributed by atoms with E-state index in [1.54, 1.807) is 23.1 Å². The molecule has 0 atom stereocenters. The summed E-state index contributed by atoms with van der Waals surface area (Å²) >= 11 is 1.25. The Hall–Kier alpha value is -4.69. The highest BCUT2D eigenvalue weighted by molar-refractivity contribution is 7.92. The molecule has 0 fully saturated rings. The van der Waals surface area contributed by atoms with Gasteiger partial charge in [0.2, 0.25) is 10.9 Å². The maximum atomic E-state index is 13.1. The van der Waals surface area contributed by atoms with Crippen molar-refractivity contribution in [2.45, 2.75) is 24.3 Å². The number of carbonyl (C=O) groups excluding carboxylic acids is 2. The minimum atomic E-state index is -4.22. The molecule has 4 aromatic heterocycles. The van der Waals surface area contributed by atoms with Crippen molar-refractivity contribution in [2.75, 3.05) is 4.72 Å². The number of aromatic nitrogens is 5. The molecule has 196 valence electrons. The first kappa shape index (κ1) is 24.6. The van der Waals surface area contributed by atoms with Crippen LogP contribution in [0.1, 0.15) is 28.8 Å². The Labute approximate surface area is 224 Å². The number of imidazole rings is 1. The molecule has 6 rings (SSSR count). The number of amides is 1. The van der Waals surface area contributed by atoms with Gasteiger partial charge in [0, 0.05) is 54.7 Å². The second-order valence-electron chi connectivity index (χ2n) is 8.79. The van der Waals surface area contributed by atoms with Crippen molar-refractivity contribution in [3.63, 3.8) is 0 Å². The first-order chi connectivity index (χ1) is 18.8. The molecule has 1 aromatic carbocycles. The average Bonchev–Trinajstić information content (AvgIpc) is 3.53. The first-order valence-corrected chi connectivity index (χ1v) is 14.0. The number of rotatable bonds is 0. The fourth-order valence-corrected chi connectivity index (χ4v) is 6.08. The van der Waals surface area contributed by atoms with Crippen LogP contribution >= 0.6 is 11.3 Å². The van der Waals surface area contributed by atoms with Crippen LogP contribution in [-0.2, 0) is 21.4 Å². The molecule has 1 aliphatic rings. The predicted octanol–water partition coefficient (Wildman–Crippen LogP) is 2.60. The lowest BCUT2D eigenvalue weighted by Gasteiger charge is -2.10. The minimum absolute atomic E-state index is 0.0752. The Morgan fingerprint density at radius 2 is 1.82 bits per heavy atom. The van der Waals surface area contributed by atoms with E-state index < -0.39 is 15.6 Å². The number of hydrogen-bond acceptors (Lipinski definition) is 9. The van der Waals surface area contributed by atoms with Crippen LogP contribution in [0.25, 0.3) is 26.8 Å². The number of pyridine rings is 2. The van der Waals surface area contributed by atoms with Gasteiger partial charge in [-0.1, -0.05) is 23.5 Å². The van der Waals surface area contributed by atoms with Crippen molar-refractivity contribution in [1.82, 2.24) is 29.9 Å². The van der Waals surface area contributed by atoms with E-state index in [9.17, 15) is 22.8 Å². The summed E-state index contributed by atoms with van der Waals surface area (Å²) in [6.45, 7) is 0.206. The van der Waals surface area contributed by atoms with Gasteiger partial charge in [0.15, 0.2) is 5.78 Å². The number of carbonyl (C=O) groups is 2. The molecule has 0 aliphatic carbocycles. The Bertz CT molecular complexity index is 1940. The van der Waals surface area contributed by atoms with Crippen molar-refractivity contribution in [3.05, 3.63) is 82.7 Å². The van der Waals surface area contributed by atoms with Crippen LogP contribution in [0.2, 0.25) is 0 Å². The summed E-state index contributed by atoms with van der Waals surface area (Å²) in [6, 6.07) is 8.71. The number of nitrogens with one attached hydrogen (secondary N) is 3. The van der Waals surface area contributed by atoms with E-state index in [-0.39, 0.29) is 47.2 Å². The summed E-state index contributed by atoms with van der Waals surface area (Å²) < 4.78 is 30.2. The fraction of sp³-hybridized carbons (Fsp3) is 0.120. The Morgan fingerprint density at radius 3 is 2.69 bits per heavy atom. The van der Waals surface area contributed by atoms with Crippen LogP contribution in [0.4, 0.5) is 5.69 Å². The van der Waals surface area contributed by atoms with E-state index in [2.05, 4.69) is 30.1 Å². The van der Waals surface area contributed by atoms with Gasteiger partial charge in [0.1, 0.15) is 10.7 Å². The number of anilines is 1. The summed E-state index contributed by atoms with van der Waals surface area (Å²) in [5.41, 5.74) is 1.88. The Morgan fingerprint density at radius 1 is 0.949 bits per heavy atom. The lowest BCUT2D eigenvalue weighted by atomic mass is 10.1. The molecule has 3 N–H and O–H groups in total. The summed E-state index contributed by atoms with van der Waals surface area (Å²) in [5.74, 6) is -0.722. The van der Waals surface area contributed by atoms with Gasteiger partial charge in [-0.25, -0.2) is 17.9 Å². The Kier molecular flexibility index (Phi) is 6.04. The first-order valence-electron chi connectivity index (χ1n) is 11.7. The largest absolute Gasteiger partial charge is 0.352 e. The molecular formula is C25H19N7O5S2. The number of ketones is 1. The van der Waals surface area contributed by atoms with Crippen molar-refractivity contribution in [1.29, 1.82) is 0 Å². The van der Waals surface area contributed by atoms with Crippen LogP contribution < -0.4 is 15.6 Å². The van der Waals surface area contributed by atoms with E-state index in [1.807, 2.05) is 6.07 Å². The third-order valence-corrected chi connectivity index (χ3v) is 8.44. The second kappa shape index (κ2) is 9.56. The number of fused-ring (bicyclic) bond motifs is 9. The van der Waals surface area contributed by atoms with Crippen molar-refractivity contribution in [2.24, 2.45) is 0 Å². The van der Waals surface area contributed by atoms with E-state index >= 15 is 0 Å². The quantitative estimate of drug-likeness (QED) is 0.259. The van der Waals surface area contributed by atoms with Gasteiger partial charge < -0.3 is 10.3 Å². The van der Waals surface area contributed by atoms with Crippen LogP contribution in [0.15, 0.2) is 70.9 Å². The summed E-state index contributed by atoms with van der Waals surface area (Å²) in [6.07, 6.45) is 6.20. The zero-order valence-electron chi connectivity index (χ0n) is 20.0. The molecule has 39 heavy (non-hydrogen) atoms. The van der Waals surface area contributed by atoms with Crippen LogP contribution in [0, 0.1) is 0 Å². The van der Waals surface area contributed by atoms with Crippen molar-refractivity contribution < 1.29 is 18.0 Å². The molecule has 0 radical (unpaired) electrons. The third-order valence-electron chi connectivity index (χ3n) is 6.11. The number of aromatic amines is 1. The minimum Gasteiger partial charge on any atom is -0.352 e. The number of Topliss-reactive ketones (excluding diaryl/α,β-unsaturated/α-hetero) is 1. The topological polar surface area (TPSA) is 168 Å². The lowest BCUT2D eigenvalue weighted by molar-refractivity contribution is -0.121. The fourth-order valence-electron chi connectivity index (χ4n) is 4.11. The van der Waals surface area contributed by atoms with Gasteiger partial charge in [-0.05, 0) is 29.8 Å². The van der Waals surface area contributed by atoms with Gasteiger partial charge in [-0.3, -0.25) is 24.1 Å². The summed E-state index contributed by atoms with van der Waals surface area (Å²) in [7, 11) is -4.22. The van der Waals surface area contributed by atoms with Crippen molar-refractivity contribution in [3.8, 4) is 21.8 Å². The number of nitrogens with zero attached hydrogens (tertiary/aromatic N) is 4. The highest BCUT2D eigenvalue weighted by Crippen LogP contribution is 2.30. The lowest BCUT2D eigenvalue weighted by Crippen LogP contribution is -2.23. The molecule has 0 saturated heterocycles. The maximum absolute atomic E-state index is 13.1. The van der Waals surface area contributed by atoms with Crippen molar-refractivity contribution >= 4 is 43.7 Å². The monoisotopic (exact) mass is 561 g/mol. The molecule has 1 aliphatic heterocycles. The second-order valence-corrected chi connectivity index (χ2v) is 11.4. The maximum Gasteiger partial charge on any atom is 0.272 e. The number of H-pyrrole nitrogens is 1. The molecule has 0 unspecified atom stereocenters. The molecule has 8 bridgehead atoms. The van der Waals surface area contributed by atoms with Crippen LogP contribution in [0.5, 0.6) is 0 Å². The summed E-state index contributed by atoms with van der Waals surface area (Å²) in [5, 5.41) is 7.90. The van der Waals surface area contributed by atoms with E-state index in [1.165, 1.54) is 47.9 Å². The number of sulfonamides is 1. The highest BCUT2D eigenvalue weighted by atomic mass is 32.2. The van der Waals surface area contributed by atoms with Gasteiger partial charge >= 0.3 is 0 Å². The standard InChI is InChI=1S/C25H19N7O5S2/c33-21-4-5-22(34)27-10-14-6-16(11-26-9-14)20-13-29-25-32(20)30-24(38-25)17-8-19(23(35)28-12-17)31-39(36,37)18-3-1-2-15(21)7-18/h1-3,6-9,11-13,31H,4-5,10H2,(H,27,34)(H,28,35). The molecule has 5 aromatic rings. The zero-order chi connectivity index (χ0) is 27.1.